The van der Waals surface area contributed by atoms with Crippen molar-refractivity contribution in [1.29, 1.82) is 0 Å². The van der Waals surface area contributed by atoms with Crippen molar-refractivity contribution in [3.8, 4) is 5.75 Å². The number of hydrogen-bond donors (Lipinski definition) is 1. The van der Waals surface area contributed by atoms with Crippen molar-refractivity contribution in [1.82, 2.24) is 0 Å². The van der Waals surface area contributed by atoms with Crippen LogP contribution in [0, 0.1) is 11.8 Å². The molecule has 2 heteroatoms. The molecule has 0 amide bonds. The molecular formula is C11H15NO. The van der Waals surface area contributed by atoms with Gasteiger partial charge in [0.25, 0.3) is 0 Å². The summed E-state index contributed by atoms with van der Waals surface area (Å²) in [6, 6.07) is 7.57. The number of nitrogen functional groups attached to an aromatic ring is 1. The van der Waals surface area contributed by atoms with Crippen LogP contribution in [0.2, 0.25) is 0 Å². The zero-order chi connectivity index (χ0) is 9.26. The lowest BCUT2D eigenvalue weighted by Gasteiger charge is -2.04. The molecule has 2 atom stereocenters. The molecule has 0 bridgehead atoms. The monoisotopic (exact) mass is 177 g/mol. The Hall–Kier alpha value is -1.18. The minimum Gasteiger partial charge on any atom is -0.493 e. The standard InChI is InChI=1S/C11H15NO/c1-8-6-9(8)7-13-11-4-2-10(12)3-5-11/h2-5,8-9H,6-7,12H2,1H3/t8-,9-/m1/s1. The summed E-state index contributed by atoms with van der Waals surface area (Å²) in [5.41, 5.74) is 6.35. The number of anilines is 1. The highest BCUT2D eigenvalue weighted by Crippen LogP contribution is 2.37. The Morgan fingerprint density at radius 2 is 2.00 bits per heavy atom. The summed E-state index contributed by atoms with van der Waals surface area (Å²) in [6.07, 6.45) is 1.31. The second-order valence-electron chi connectivity index (χ2n) is 3.85. The first-order valence-corrected chi connectivity index (χ1v) is 4.74. The predicted molar refractivity (Wildman–Crippen MR) is 53.6 cm³/mol. The van der Waals surface area contributed by atoms with Crippen molar-refractivity contribution in [2.75, 3.05) is 12.3 Å². The molecule has 1 fully saturated rings. The first-order chi connectivity index (χ1) is 6.25. The second kappa shape index (κ2) is 3.29. The van der Waals surface area contributed by atoms with Crippen molar-refractivity contribution < 1.29 is 4.74 Å². The van der Waals surface area contributed by atoms with Gasteiger partial charge in [-0.15, -0.1) is 0 Å². The molecule has 70 valence electrons. The fourth-order valence-corrected chi connectivity index (χ4v) is 1.40. The fraction of sp³-hybridized carbons (Fsp3) is 0.455. The van der Waals surface area contributed by atoms with Crippen molar-refractivity contribution in [2.45, 2.75) is 13.3 Å². The Kier molecular flexibility index (Phi) is 2.13. The van der Waals surface area contributed by atoms with E-state index in [9.17, 15) is 0 Å². The number of benzene rings is 1. The molecule has 2 nitrogen and oxygen atoms in total. The quantitative estimate of drug-likeness (QED) is 0.719. The van der Waals surface area contributed by atoms with Crippen LogP contribution in [0.3, 0.4) is 0 Å². The highest BCUT2D eigenvalue weighted by Gasteiger charge is 2.32. The van der Waals surface area contributed by atoms with Gasteiger partial charge < -0.3 is 10.5 Å². The zero-order valence-corrected chi connectivity index (χ0v) is 7.86. The Morgan fingerprint density at radius 3 is 2.54 bits per heavy atom. The Morgan fingerprint density at radius 1 is 1.38 bits per heavy atom. The van der Waals surface area contributed by atoms with Crippen LogP contribution in [0.4, 0.5) is 5.69 Å². The highest BCUT2D eigenvalue weighted by molar-refractivity contribution is 5.41. The van der Waals surface area contributed by atoms with E-state index in [1.807, 2.05) is 24.3 Å². The minimum atomic E-state index is 0.776. The van der Waals surface area contributed by atoms with Crippen molar-refractivity contribution >= 4 is 5.69 Å². The lowest BCUT2D eigenvalue weighted by Crippen LogP contribution is -2.00. The van der Waals surface area contributed by atoms with Crippen LogP contribution in [-0.2, 0) is 0 Å². The maximum Gasteiger partial charge on any atom is 0.119 e. The smallest absolute Gasteiger partial charge is 0.119 e. The molecule has 1 aliphatic rings. The average Bonchev–Trinajstić information content (AvgIpc) is 2.81. The maximum absolute atomic E-state index is 5.60. The van der Waals surface area contributed by atoms with E-state index in [2.05, 4.69) is 6.92 Å². The van der Waals surface area contributed by atoms with Gasteiger partial charge in [-0.25, -0.2) is 0 Å². The molecule has 0 unspecified atom stereocenters. The van der Waals surface area contributed by atoms with Gasteiger partial charge in [0.2, 0.25) is 0 Å². The summed E-state index contributed by atoms with van der Waals surface area (Å²) in [7, 11) is 0. The molecule has 1 aromatic rings. The van der Waals surface area contributed by atoms with E-state index in [1.54, 1.807) is 0 Å². The van der Waals surface area contributed by atoms with Gasteiger partial charge in [-0.1, -0.05) is 6.92 Å². The third kappa shape index (κ3) is 2.14. The Bertz CT molecular complexity index is 281. The van der Waals surface area contributed by atoms with Crippen LogP contribution < -0.4 is 10.5 Å². The summed E-state index contributed by atoms with van der Waals surface area (Å²) in [4.78, 5) is 0. The predicted octanol–water partition coefficient (Wildman–Crippen LogP) is 2.30. The topological polar surface area (TPSA) is 35.2 Å². The van der Waals surface area contributed by atoms with Gasteiger partial charge >= 0.3 is 0 Å². The molecule has 1 aliphatic carbocycles. The maximum atomic E-state index is 5.60. The zero-order valence-electron chi connectivity index (χ0n) is 7.86. The first-order valence-electron chi connectivity index (χ1n) is 4.74. The van der Waals surface area contributed by atoms with E-state index in [1.165, 1.54) is 6.42 Å². The van der Waals surface area contributed by atoms with Crippen LogP contribution in [-0.4, -0.2) is 6.61 Å². The van der Waals surface area contributed by atoms with E-state index < -0.39 is 0 Å². The lowest BCUT2D eigenvalue weighted by atomic mass is 10.3. The summed E-state index contributed by atoms with van der Waals surface area (Å²) in [6.45, 7) is 3.11. The van der Waals surface area contributed by atoms with Gasteiger partial charge in [0.05, 0.1) is 6.61 Å². The van der Waals surface area contributed by atoms with Gasteiger partial charge in [-0.05, 0) is 42.5 Å². The van der Waals surface area contributed by atoms with E-state index in [-0.39, 0.29) is 0 Å². The third-order valence-corrected chi connectivity index (χ3v) is 2.62. The molecule has 0 aliphatic heterocycles. The summed E-state index contributed by atoms with van der Waals surface area (Å²) in [5, 5.41) is 0. The lowest BCUT2D eigenvalue weighted by molar-refractivity contribution is 0.293. The van der Waals surface area contributed by atoms with E-state index >= 15 is 0 Å². The molecule has 1 saturated carbocycles. The summed E-state index contributed by atoms with van der Waals surface area (Å²) < 4.78 is 5.60. The molecule has 2 rings (SSSR count). The molecule has 0 aromatic heterocycles. The second-order valence-corrected chi connectivity index (χ2v) is 3.85. The first kappa shape index (κ1) is 8.42. The van der Waals surface area contributed by atoms with E-state index in [4.69, 9.17) is 10.5 Å². The Labute approximate surface area is 78.7 Å². The fourth-order valence-electron chi connectivity index (χ4n) is 1.40. The number of rotatable bonds is 3. The molecule has 0 heterocycles. The van der Waals surface area contributed by atoms with Crippen molar-refractivity contribution in [2.24, 2.45) is 11.8 Å². The SMILES string of the molecule is C[C@@H]1C[C@@H]1COc1ccc(N)cc1. The number of nitrogens with two attached hydrogens (primary N) is 1. The van der Waals surface area contributed by atoms with Gasteiger partial charge in [-0.2, -0.15) is 0 Å². The summed E-state index contributed by atoms with van der Waals surface area (Å²) in [5.74, 6) is 2.56. The van der Waals surface area contributed by atoms with Crippen LogP contribution >= 0.6 is 0 Å². The normalized spacial score (nSPS) is 25.6. The van der Waals surface area contributed by atoms with Gasteiger partial charge in [-0.3, -0.25) is 0 Å². The summed E-state index contributed by atoms with van der Waals surface area (Å²) >= 11 is 0. The minimum absolute atomic E-state index is 0.776. The van der Waals surface area contributed by atoms with E-state index in [0.29, 0.717) is 0 Å². The van der Waals surface area contributed by atoms with Gasteiger partial charge in [0.15, 0.2) is 0 Å². The average molecular weight is 177 g/mol. The van der Waals surface area contributed by atoms with Crippen LogP contribution in [0.1, 0.15) is 13.3 Å². The highest BCUT2D eigenvalue weighted by atomic mass is 16.5. The molecule has 2 N–H and O–H groups in total. The molecular weight excluding hydrogens is 162 g/mol. The molecule has 13 heavy (non-hydrogen) atoms. The molecule has 0 radical (unpaired) electrons. The molecule has 0 saturated heterocycles. The molecule has 1 aromatic carbocycles. The van der Waals surface area contributed by atoms with Crippen LogP contribution in [0.5, 0.6) is 5.75 Å². The van der Waals surface area contributed by atoms with E-state index in [0.717, 1.165) is 29.9 Å². The number of ether oxygens (including phenoxy) is 1. The van der Waals surface area contributed by atoms with Crippen LogP contribution in [0.25, 0.3) is 0 Å². The van der Waals surface area contributed by atoms with Crippen LogP contribution in [0.15, 0.2) is 24.3 Å². The molecule has 0 spiro atoms. The van der Waals surface area contributed by atoms with Gasteiger partial charge in [0, 0.05) is 5.69 Å². The van der Waals surface area contributed by atoms with Crippen molar-refractivity contribution in [3.05, 3.63) is 24.3 Å². The third-order valence-electron chi connectivity index (χ3n) is 2.62. The largest absolute Gasteiger partial charge is 0.493 e. The van der Waals surface area contributed by atoms with Crippen molar-refractivity contribution in [3.63, 3.8) is 0 Å². The Balaban J connectivity index is 1.84. The van der Waals surface area contributed by atoms with Gasteiger partial charge in [0.1, 0.15) is 5.75 Å². The number of hydrogen-bond acceptors (Lipinski definition) is 2.